The lowest BCUT2D eigenvalue weighted by atomic mass is 9.71. The van der Waals surface area contributed by atoms with E-state index in [9.17, 15) is 0 Å². The van der Waals surface area contributed by atoms with Crippen molar-refractivity contribution >= 4 is 17.4 Å². The number of nitrogens with one attached hydrogen (secondary N) is 2. The van der Waals surface area contributed by atoms with E-state index in [4.69, 9.17) is 11.6 Å². The van der Waals surface area contributed by atoms with E-state index in [1.165, 1.54) is 24.8 Å². The van der Waals surface area contributed by atoms with Crippen LogP contribution in [-0.4, -0.2) is 22.9 Å². The summed E-state index contributed by atoms with van der Waals surface area (Å²) in [4.78, 5) is 0. The van der Waals surface area contributed by atoms with Crippen molar-refractivity contribution < 1.29 is 0 Å². The Morgan fingerprint density at radius 1 is 1.27 bits per heavy atom. The summed E-state index contributed by atoms with van der Waals surface area (Å²) in [6.45, 7) is 3.00. The van der Waals surface area contributed by atoms with Crippen LogP contribution >= 0.6 is 11.6 Å². The largest absolute Gasteiger partial charge is 0.370 e. The lowest BCUT2D eigenvalue weighted by Crippen LogP contribution is -2.51. The van der Waals surface area contributed by atoms with E-state index >= 15 is 0 Å². The molecule has 2 aromatic rings. The zero-order valence-corrected chi connectivity index (χ0v) is 13.3. The second-order valence-electron chi connectivity index (χ2n) is 6.47. The molecule has 1 saturated carbocycles. The molecule has 0 amide bonds. The van der Waals surface area contributed by atoms with Gasteiger partial charge in [-0.25, -0.2) is 4.68 Å². The van der Waals surface area contributed by atoms with Gasteiger partial charge in [0.15, 0.2) is 0 Å². The molecule has 0 spiro atoms. The normalized spacial score (nSPS) is 22.5. The smallest absolute Gasteiger partial charge is 0.124 e. The molecule has 0 saturated heterocycles. The number of hydrogen-bond acceptors (Lipinski definition) is 3. The summed E-state index contributed by atoms with van der Waals surface area (Å²) in [5, 5.41) is 12.5. The van der Waals surface area contributed by atoms with Crippen LogP contribution in [0.2, 0.25) is 5.02 Å². The summed E-state index contributed by atoms with van der Waals surface area (Å²) in [6.07, 6.45) is 5.57. The molecule has 5 heteroatoms. The van der Waals surface area contributed by atoms with E-state index < -0.39 is 0 Å². The molecular weight excluding hydrogens is 296 g/mol. The van der Waals surface area contributed by atoms with Crippen molar-refractivity contribution in [1.82, 2.24) is 15.1 Å². The van der Waals surface area contributed by atoms with Crippen molar-refractivity contribution in [2.75, 3.05) is 18.4 Å². The number of halogens is 1. The van der Waals surface area contributed by atoms with Crippen LogP contribution in [0.3, 0.4) is 0 Å². The van der Waals surface area contributed by atoms with E-state index in [0.717, 1.165) is 30.5 Å². The summed E-state index contributed by atoms with van der Waals surface area (Å²) in [5.74, 6) is 1.70. The maximum absolute atomic E-state index is 6.02. The molecule has 2 aliphatic rings. The standard InChI is InChI=1S/C17H21ClN4/c18-15-4-2-14(3-5-15)17(7-1-8-17)20-11-13-10-19-16-6-9-21-22(16)12-13/h2-6,9,13,19-20H,1,7-8,10-12H2. The van der Waals surface area contributed by atoms with Gasteiger partial charge in [0.1, 0.15) is 5.82 Å². The number of fused-ring (bicyclic) bond motifs is 1. The predicted octanol–water partition coefficient (Wildman–Crippen LogP) is 3.25. The molecule has 2 N–H and O–H groups in total. The number of aromatic nitrogens is 2. The van der Waals surface area contributed by atoms with Crippen LogP contribution in [0.5, 0.6) is 0 Å². The highest BCUT2D eigenvalue weighted by molar-refractivity contribution is 6.30. The van der Waals surface area contributed by atoms with Crippen molar-refractivity contribution in [2.24, 2.45) is 5.92 Å². The molecule has 0 radical (unpaired) electrons. The van der Waals surface area contributed by atoms with Crippen molar-refractivity contribution in [3.05, 3.63) is 47.1 Å². The molecule has 4 nitrogen and oxygen atoms in total. The third-order valence-corrected chi connectivity index (χ3v) is 5.30. The molecule has 1 aromatic carbocycles. The highest BCUT2D eigenvalue weighted by Gasteiger charge is 2.38. The third-order valence-electron chi connectivity index (χ3n) is 5.05. The minimum Gasteiger partial charge on any atom is -0.370 e. The minimum absolute atomic E-state index is 0.148. The van der Waals surface area contributed by atoms with Gasteiger partial charge in [0.25, 0.3) is 0 Å². The van der Waals surface area contributed by atoms with E-state index in [2.05, 4.69) is 32.5 Å². The number of benzene rings is 1. The van der Waals surface area contributed by atoms with Gasteiger partial charge in [-0.1, -0.05) is 23.7 Å². The number of rotatable bonds is 4. The highest BCUT2D eigenvalue weighted by atomic mass is 35.5. The van der Waals surface area contributed by atoms with Crippen LogP contribution in [0.15, 0.2) is 36.5 Å². The Labute approximate surface area is 135 Å². The van der Waals surface area contributed by atoms with Crippen LogP contribution in [0.1, 0.15) is 24.8 Å². The van der Waals surface area contributed by atoms with Gasteiger partial charge in [-0.05, 0) is 37.0 Å². The zero-order valence-electron chi connectivity index (χ0n) is 12.6. The Hall–Kier alpha value is -1.52. The van der Waals surface area contributed by atoms with Crippen LogP contribution < -0.4 is 10.6 Å². The summed E-state index contributed by atoms with van der Waals surface area (Å²) in [7, 11) is 0. The molecule has 2 heterocycles. The Morgan fingerprint density at radius 3 is 2.82 bits per heavy atom. The van der Waals surface area contributed by atoms with Gasteiger partial charge in [-0.3, -0.25) is 0 Å². The molecule has 0 bridgehead atoms. The predicted molar refractivity (Wildman–Crippen MR) is 89.2 cm³/mol. The summed E-state index contributed by atoms with van der Waals surface area (Å²) in [5.41, 5.74) is 1.52. The van der Waals surface area contributed by atoms with Crippen LogP contribution in [-0.2, 0) is 12.1 Å². The van der Waals surface area contributed by atoms with Crippen molar-refractivity contribution in [3.8, 4) is 0 Å². The van der Waals surface area contributed by atoms with Gasteiger partial charge in [0, 0.05) is 42.2 Å². The van der Waals surface area contributed by atoms with Gasteiger partial charge >= 0.3 is 0 Å². The molecule has 1 fully saturated rings. The fourth-order valence-electron chi connectivity index (χ4n) is 3.53. The minimum atomic E-state index is 0.148. The first kappa shape index (κ1) is 14.1. The monoisotopic (exact) mass is 316 g/mol. The van der Waals surface area contributed by atoms with E-state index in [1.807, 2.05) is 24.4 Å². The maximum Gasteiger partial charge on any atom is 0.124 e. The number of nitrogens with zero attached hydrogens (tertiary/aromatic N) is 2. The molecule has 116 valence electrons. The molecule has 1 aromatic heterocycles. The lowest BCUT2D eigenvalue weighted by molar-refractivity contribution is 0.172. The maximum atomic E-state index is 6.02. The second kappa shape index (κ2) is 5.60. The summed E-state index contributed by atoms with van der Waals surface area (Å²) < 4.78 is 2.06. The highest BCUT2D eigenvalue weighted by Crippen LogP contribution is 2.41. The first-order valence-corrected chi connectivity index (χ1v) is 8.40. The number of hydrogen-bond donors (Lipinski definition) is 2. The SMILES string of the molecule is Clc1ccc(C2(NCC3CNc4ccnn4C3)CCC2)cc1. The molecular formula is C17H21ClN4. The molecule has 1 unspecified atom stereocenters. The summed E-state index contributed by atoms with van der Waals surface area (Å²) >= 11 is 6.02. The third kappa shape index (κ3) is 2.50. The topological polar surface area (TPSA) is 41.9 Å². The Bertz CT molecular complexity index is 645. The fourth-order valence-corrected chi connectivity index (χ4v) is 3.66. The second-order valence-corrected chi connectivity index (χ2v) is 6.91. The van der Waals surface area contributed by atoms with Crippen molar-refractivity contribution in [2.45, 2.75) is 31.3 Å². The number of anilines is 1. The van der Waals surface area contributed by atoms with E-state index in [1.54, 1.807) is 0 Å². The first-order valence-electron chi connectivity index (χ1n) is 8.02. The van der Waals surface area contributed by atoms with Gasteiger partial charge in [0.2, 0.25) is 0 Å². The summed E-state index contributed by atoms with van der Waals surface area (Å²) in [6, 6.07) is 10.4. The molecule has 1 aliphatic heterocycles. The quantitative estimate of drug-likeness (QED) is 0.910. The lowest BCUT2D eigenvalue weighted by Gasteiger charge is -2.44. The Balaban J connectivity index is 1.43. The van der Waals surface area contributed by atoms with Crippen molar-refractivity contribution in [1.29, 1.82) is 0 Å². The van der Waals surface area contributed by atoms with Gasteiger partial charge in [0.05, 0.1) is 6.20 Å². The average Bonchev–Trinajstić information content (AvgIpc) is 2.95. The van der Waals surface area contributed by atoms with Crippen molar-refractivity contribution in [3.63, 3.8) is 0 Å². The van der Waals surface area contributed by atoms with Crippen LogP contribution in [0.25, 0.3) is 0 Å². The molecule has 4 rings (SSSR count). The van der Waals surface area contributed by atoms with E-state index in [0.29, 0.717) is 5.92 Å². The van der Waals surface area contributed by atoms with Gasteiger partial charge in [-0.15, -0.1) is 0 Å². The fraction of sp³-hybridized carbons (Fsp3) is 0.471. The van der Waals surface area contributed by atoms with Gasteiger partial charge < -0.3 is 10.6 Å². The first-order chi connectivity index (χ1) is 10.8. The van der Waals surface area contributed by atoms with E-state index in [-0.39, 0.29) is 5.54 Å². The molecule has 1 aliphatic carbocycles. The Morgan fingerprint density at radius 2 is 2.09 bits per heavy atom. The van der Waals surface area contributed by atoms with Crippen LogP contribution in [0.4, 0.5) is 5.82 Å². The van der Waals surface area contributed by atoms with Gasteiger partial charge in [-0.2, -0.15) is 5.10 Å². The zero-order chi connectivity index (χ0) is 15.0. The van der Waals surface area contributed by atoms with Crippen LogP contribution in [0, 0.1) is 5.92 Å². The molecule has 22 heavy (non-hydrogen) atoms. The average molecular weight is 317 g/mol. The molecule has 1 atom stereocenters. The Kier molecular flexibility index (Phi) is 3.59.